The number of halogens is 1. The van der Waals surface area contributed by atoms with Crippen LogP contribution < -0.4 is 10.6 Å². The van der Waals surface area contributed by atoms with Crippen LogP contribution in [0.3, 0.4) is 0 Å². The van der Waals surface area contributed by atoms with Crippen LogP contribution in [0.5, 0.6) is 0 Å². The van der Waals surface area contributed by atoms with Crippen molar-refractivity contribution in [2.45, 2.75) is 6.92 Å². The molecule has 6 nitrogen and oxygen atoms in total. The molecule has 1 heterocycles. The molecule has 3 N–H and O–H groups in total. The van der Waals surface area contributed by atoms with E-state index in [9.17, 15) is 9.18 Å². The lowest BCUT2D eigenvalue weighted by atomic mass is 10.1. The van der Waals surface area contributed by atoms with E-state index in [0.29, 0.717) is 17.0 Å². The summed E-state index contributed by atoms with van der Waals surface area (Å²) in [4.78, 5) is 16.3. The molecule has 0 saturated heterocycles. The summed E-state index contributed by atoms with van der Waals surface area (Å²) in [5.74, 6) is 0.350. The van der Waals surface area contributed by atoms with Gasteiger partial charge in [-0.2, -0.15) is 0 Å². The number of hydrogen-bond acceptors (Lipinski definition) is 3. The molecular formula is C18H19FN4O2. The number of carbonyl (C=O) groups is 1. The number of hydrogen-bond donors (Lipinski definition) is 3. The van der Waals surface area contributed by atoms with E-state index in [2.05, 4.69) is 15.6 Å². The summed E-state index contributed by atoms with van der Waals surface area (Å²) in [7, 11) is 1.86. The van der Waals surface area contributed by atoms with Crippen LogP contribution in [0.25, 0.3) is 22.4 Å². The molecule has 0 aliphatic heterocycles. The van der Waals surface area contributed by atoms with Crippen molar-refractivity contribution < 1.29 is 14.3 Å². The highest BCUT2D eigenvalue weighted by Crippen LogP contribution is 2.27. The third-order valence-corrected chi connectivity index (χ3v) is 3.98. The highest BCUT2D eigenvalue weighted by atomic mass is 19.1. The maximum Gasteiger partial charge on any atom is 0.319 e. The van der Waals surface area contributed by atoms with Crippen molar-refractivity contribution in [3.63, 3.8) is 0 Å². The number of nitrogens with one attached hydrogen (secondary N) is 2. The summed E-state index contributed by atoms with van der Waals surface area (Å²) in [6, 6.07) is 9.72. The van der Waals surface area contributed by atoms with Gasteiger partial charge in [0, 0.05) is 30.9 Å². The normalized spacial score (nSPS) is 10.9. The number of carbonyl (C=O) groups excluding carboxylic acids is 1. The average molecular weight is 342 g/mol. The second-order valence-electron chi connectivity index (χ2n) is 5.76. The Morgan fingerprint density at radius 1 is 1.28 bits per heavy atom. The Bertz CT molecular complexity index is 936. The average Bonchev–Trinajstić information content (AvgIpc) is 2.91. The Labute approximate surface area is 144 Å². The zero-order chi connectivity index (χ0) is 18.0. The zero-order valence-electron chi connectivity index (χ0n) is 14.0. The Hall–Kier alpha value is -2.93. The number of aryl methyl sites for hydroxylation is 2. The van der Waals surface area contributed by atoms with Crippen molar-refractivity contribution in [3.05, 3.63) is 47.8 Å². The third-order valence-electron chi connectivity index (χ3n) is 3.98. The number of imidazole rings is 1. The number of anilines is 1. The standard InChI is InChI=1S/C18H19FN4O2/c1-11-3-4-12(9-14(11)22-18(25)20-7-8-24)17-21-15-10-13(19)5-6-16(15)23(17)2/h3-6,9-10,24H,7-8H2,1-2H3,(H2,20,22,25). The van der Waals surface area contributed by atoms with E-state index >= 15 is 0 Å². The van der Waals surface area contributed by atoms with Crippen molar-refractivity contribution in [1.29, 1.82) is 0 Å². The fraction of sp³-hybridized carbons (Fsp3) is 0.222. The van der Waals surface area contributed by atoms with Gasteiger partial charge in [0.05, 0.1) is 17.6 Å². The first-order chi connectivity index (χ1) is 12.0. The molecule has 130 valence electrons. The molecule has 2 amide bonds. The number of benzene rings is 2. The van der Waals surface area contributed by atoms with E-state index < -0.39 is 0 Å². The van der Waals surface area contributed by atoms with Crippen LogP contribution in [0.15, 0.2) is 36.4 Å². The second-order valence-corrected chi connectivity index (χ2v) is 5.76. The number of aliphatic hydroxyl groups is 1. The lowest BCUT2D eigenvalue weighted by Crippen LogP contribution is -2.31. The molecule has 0 unspecified atom stereocenters. The Morgan fingerprint density at radius 3 is 2.84 bits per heavy atom. The van der Waals surface area contributed by atoms with Crippen molar-refractivity contribution >= 4 is 22.8 Å². The summed E-state index contributed by atoms with van der Waals surface area (Å²) in [6.07, 6.45) is 0. The number of aliphatic hydroxyl groups excluding tert-OH is 1. The highest BCUT2D eigenvalue weighted by Gasteiger charge is 2.13. The van der Waals surface area contributed by atoms with Crippen LogP contribution in [0.1, 0.15) is 5.56 Å². The van der Waals surface area contributed by atoms with E-state index in [1.54, 1.807) is 6.07 Å². The van der Waals surface area contributed by atoms with Gasteiger partial charge in [-0.15, -0.1) is 0 Å². The number of amides is 2. The van der Waals surface area contributed by atoms with Gasteiger partial charge in [0.2, 0.25) is 0 Å². The predicted octanol–water partition coefficient (Wildman–Crippen LogP) is 2.80. The third kappa shape index (κ3) is 3.46. The number of rotatable bonds is 4. The van der Waals surface area contributed by atoms with Gasteiger partial charge < -0.3 is 20.3 Å². The summed E-state index contributed by atoms with van der Waals surface area (Å²) >= 11 is 0. The fourth-order valence-corrected chi connectivity index (χ4v) is 2.66. The molecule has 25 heavy (non-hydrogen) atoms. The lowest BCUT2D eigenvalue weighted by molar-refractivity contribution is 0.245. The van der Waals surface area contributed by atoms with Crippen molar-refractivity contribution in [3.8, 4) is 11.4 Å². The molecule has 0 bridgehead atoms. The van der Waals surface area contributed by atoms with E-state index in [1.165, 1.54) is 12.1 Å². The van der Waals surface area contributed by atoms with Crippen LogP contribution in [0, 0.1) is 12.7 Å². The Morgan fingerprint density at radius 2 is 2.08 bits per heavy atom. The first kappa shape index (κ1) is 16.9. The SMILES string of the molecule is Cc1ccc(-c2nc3cc(F)ccc3n2C)cc1NC(=O)NCCO. The molecule has 3 aromatic rings. The minimum absolute atomic E-state index is 0.122. The lowest BCUT2D eigenvalue weighted by Gasteiger charge is -2.11. The van der Waals surface area contributed by atoms with Crippen LogP contribution in [-0.2, 0) is 7.05 Å². The minimum atomic E-state index is -0.388. The molecule has 0 saturated carbocycles. The molecule has 3 rings (SSSR count). The Kier molecular flexibility index (Phi) is 4.67. The first-order valence-corrected chi connectivity index (χ1v) is 7.88. The second kappa shape index (κ2) is 6.90. The number of fused-ring (bicyclic) bond motifs is 1. The van der Waals surface area contributed by atoms with Gasteiger partial charge in [0.1, 0.15) is 11.6 Å². The number of urea groups is 1. The van der Waals surface area contributed by atoms with Gasteiger partial charge in [-0.1, -0.05) is 12.1 Å². The predicted molar refractivity (Wildman–Crippen MR) is 95.0 cm³/mol. The molecule has 1 aromatic heterocycles. The van der Waals surface area contributed by atoms with E-state index in [-0.39, 0.29) is 25.0 Å². The quantitative estimate of drug-likeness (QED) is 0.682. The van der Waals surface area contributed by atoms with Crippen LogP contribution >= 0.6 is 0 Å². The summed E-state index contributed by atoms with van der Waals surface area (Å²) in [5.41, 5.74) is 3.75. The van der Waals surface area contributed by atoms with Crippen LogP contribution in [0.2, 0.25) is 0 Å². The van der Waals surface area contributed by atoms with Crippen molar-refractivity contribution in [2.75, 3.05) is 18.5 Å². The Balaban J connectivity index is 1.97. The van der Waals surface area contributed by atoms with Crippen LogP contribution in [0.4, 0.5) is 14.9 Å². The van der Waals surface area contributed by atoms with E-state index in [0.717, 1.165) is 16.6 Å². The van der Waals surface area contributed by atoms with Gasteiger partial charge in [-0.05, 0) is 30.7 Å². The molecule has 7 heteroatoms. The first-order valence-electron chi connectivity index (χ1n) is 7.88. The van der Waals surface area contributed by atoms with Gasteiger partial charge in [-0.25, -0.2) is 14.2 Å². The van der Waals surface area contributed by atoms with Crippen LogP contribution in [-0.4, -0.2) is 33.8 Å². The smallest absolute Gasteiger partial charge is 0.319 e. The van der Waals surface area contributed by atoms with Crippen molar-refractivity contribution in [1.82, 2.24) is 14.9 Å². The maximum absolute atomic E-state index is 13.4. The van der Waals surface area contributed by atoms with Gasteiger partial charge in [-0.3, -0.25) is 0 Å². The monoisotopic (exact) mass is 342 g/mol. The molecular weight excluding hydrogens is 323 g/mol. The fourth-order valence-electron chi connectivity index (χ4n) is 2.66. The molecule has 0 fully saturated rings. The van der Waals surface area contributed by atoms with E-state index in [1.807, 2.05) is 36.7 Å². The molecule has 0 radical (unpaired) electrons. The van der Waals surface area contributed by atoms with Gasteiger partial charge >= 0.3 is 6.03 Å². The molecule has 0 spiro atoms. The summed E-state index contributed by atoms with van der Waals surface area (Å²) < 4.78 is 15.3. The van der Waals surface area contributed by atoms with E-state index in [4.69, 9.17) is 5.11 Å². The van der Waals surface area contributed by atoms with Gasteiger partial charge in [0.25, 0.3) is 0 Å². The molecule has 0 atom stereocenters. The number of nitrogens with zero attached hydrogens (tertiary/aromatic N) is 2. The van der Waals surface area contributed by atoms with Gasteiger partial charge in [0.15, 0.2) is 0 Å². The maximum atomic E-state index is 13.4. The summed E-state index contributed by atoms with van der Waals surface area (Å²) in [6.45, 7) is 1.94. The highest BCUT2D eigenvalue weighted by molar-refractivity contribution is 5.91. The molecule has 0 aliphatic rings. The molecule has 0 aliphatic carbocycles. The van der Waals surface area contributed by atoms with Crippen molar-refractivity contribution in [2.24, 2.45) is 7.05 Å². The largest absolute Gasteiger partial charge is 0.395 e. The molecule has 2 aromatic carbocycles. The summed E-state index contributed by atoms with van der Waals surface area (Å²) in [5, 5.41) is 14.1. The topological polar surface area (TPSA) is 79.2 Å². The minimum Gasteiger partial charge on any atom is -0.395 e. The zero-order valence-corrected chi connectivity index (χ0v) is 14.0. The number of aromatic nitrogens is 2.